The number of rotatable bonds is 11. The maximum absolute atomic E-state index is 5.84. The molecule has 0 aliphatic heterocycles. The lowest BCUT2D eigenvalue weighted by Gasteiger charge is -2.09. The number of benzene rings is 1. The zero-order chi connectivity index (χ0) is 14.6. The fourth-order valence-electron chi connectivity index (χ4n) is 2.38. The van der Waals surface area contributed by atoms with Crippen LogP contribution >= 0.6 is 0 Å². The SMILES string of the molecule is CCCC[NH2+]CCCCCCOc1ccc(C)cc1C. The summed E-state index contributed by atoms with van der Waals surface area (Å²) in [6.07, 6.45) is 7.79. The highest BCUT2D eigenvalue weighted by atomic mass is 16.5. The molecule has 0 spiro atoms. The number of unbranched alkanes of at least 4 members (excludes halogenated alkanes) is 4. The van der Waals surface area contributed by atoms with Gasteiger partial charge in [0.25, 0.3) is 0 Å². The second-order valence-electron chi connectivity index (χ2n) is 5.75. The van der Waals surface area contributed by atoms with E-state index in [4.69, 9.17) is 4.74 Å². The summed E-state index contributed by atoms with van der Waals surface area (Å²) in [6, 6.07) is 6.39. The molecule has 20 heavy (non-hydrogen) atoms. The molecule has 0 amide bonds. The summed E-state index contributed by atoms with van der Waals surface area (Å²) in [6.45, 7) is 9.93. The molecule has 0 aliphatic rings. The maximum Gasteiger partial charge on any atom is 0.122 e. The highest BCUT2D eigenvalue weighted by molar-refractivity contribution is 5.35. The van der Waals surface area contributed by atoms with Gasteiger partial charge in [-0.15, -0.1) is 0 Å². The number of ether oxygens (including phenoxy) is 1. The van der Waals surface area contributed by atoms with Crippen molar-refractivity contribution in [2.24, 2.45) is 0 Å². The minimum atomic E-state index is 0.851. The molecule has 114 valence electrons. The van der Waals surface area contributed by atoms with Crippen molar-refractivity contribution in [1.82, 2.24) is 0 Å². The van der Waals surface area contributed by atoms with Crippen LogP contribution in [-0.2, 0) is 0 Å². The molecule has 0 saturated heterocycles. The molecule has 0 aliphatic carbocycles. The lowest BCUT2D eigenvalue weighted by atomic mass is 10.1. The predicted octanol–water partition coefficient (Wildman–Crippen LogP) is 3.61. The number of quaternary nitrogens is 1. The summed E-state index contributed by atoms with van der Waals surface area (Å²) in [4.78, 5) is 0. The van der Waals surface area contributed by atoms with E-state index in [0.717, 1.165) is 12.4 Å². The predicted molar refractivity (Wildman–Crippen MR) is 86.4 cm³/mol. The molecule has 0 aromatic heterocycles. The summed E-state index contributed by atoms with van der Waals surface area (Å²) in [5, 5.41) is 2.45. The number of hydrogen-bond donors (Lipinski definition) is 1. The van der Waals surface area contributed by atoms with Gasteiger partial charge in [0.2, 0.25) is 0 Å². The van der Waals surface area contributed by atoms with Gasteiger partial charge in [0.15, 0.2) is 0 Å². The van der Waals surface area contributed by atoms with Gasteiger partial charge >= 0.3 is 0 Å². The molecule has 0 radical (unpaired) electrons. The van der Waals surface area contributed by atoms with Crippen molar-refractivity contribution in [3.63, 3.8) is 0 Å². The molecule has 0 atom stereocenters. The van der Waals surface area contributed by atoms with Crippen LogP contribution in [0.2, 0.25) is 0 Å². The first kappa shape index (κ1) is 17.0. The van der Waals surface area contributed by atoms with Crippen molar-refractivity contribution in [2.45, 2.75) is 59.3 Å². The van der Waals surface area contributed by atoms with Crippen molar-refractivity contribution in [3.8, 4) is 5.75 Å². The summed E-state index contributed by atoms with van der Waals surface area (Å²) in [5.41, 5.74) is 2.55. The molecule has 1 aromatic rings. The van der Waals surface area contributed by atoms with Gasteiger partial charge in [-0.3, -0.25) is 0 Å². The van der Waals surface area contributed by atoms with Crippen LogP contribution in [0.25, 0.3) is 0 Å². The van der Waals surface area contributed by atoms with Crippen molar-refractivity contribution < 1.29 is 10.1 Å². The van der Waals surface area contributed by atoms with Crippen molar-refractivity contribution in [3.05, 3.63) is 29.3 Å². The molecule has 0 heterocycles. The summed E-state index contributed by atoms with van der Waals surface area (Å²) in [7, 11) is 0. The quantitative estimate of drug-likeness (QED) is 0.615. The molecular formula is C18H32NO+. The van der Waals surface area contributed by atoms with Crippen molar-refractivity contribution in [1.29, 1.82) is 0 Å². The third-order valence-electron chi connectivity index (χ3n) is 3.65. The Hall–Kier alpha value is -1.02. The highest BCUT2D eigenvalue weighted by Gasteiger charge is 1.99. The van der Waals surface area contributed by atoms with Crippen molar-refractivity contribution >= 4 is 0 Å². The van der Waals surface area contributed by atoms with E-state index in [1.54, 1.807) is 0 Å². The van der Waals surface area contributed by atoms with Crippen LogP contribution < -0.4 is 10.1 Å². The zero-order valence-corrected chi connectivity index (χ0v) is 13.6. The molecule has 0 fully saturated rings. The molecular weight excluding hydrogens is 246 g/mol. The van der Waals surface area contributed by atoms with E-state index in [2.05, 4.69) is 44.3 Å². The van der Waals surface area contributed by atoms with E-state index in [-0.39, 0.29) is 0 Å². The standard InChI is InChI=1S/C18H31NO/c1-4-5-12-19-13-8-6-7-9-14-20-18-11-10-16(2)15-17(18)3/h10-11,15,19H,4-9,12-14H2,1-3H3/p+1. The van der Waals surface area contributed by atoms with Gasteiger partial charge in [-0.2, -0.15) is 0 Å². The average Bonchev–Trinajstić information content (AvgIpc) is 2.43. The van der Waals surface area contributed by atoms with E-state index in [1.165, 1.54) is 62.7 Å². The summed E-state index contributed by atoms with van der Waals surface area (Å²) in [5.74, 6) is 1.04. The minimum absolute atomic E-state index is 0.851. The monoisotopic (exact) mass is 278 g/mol. The Balaban J connectivity index is 1.97. The van der Waals surface area contributed by atoms with E-state index in [9.17, 15) is 0 Å². The van der Waals surface area contributed by atoms with Gasteiger partial charge in [-0.25, -0.2) is 0 Å². The van der Waals surface area contributed by atoms with E-state index >= 15 is 0 Å². The molecule has 2 nitrogen and oxygen atoms in total. The van der Waals surface area contributed by atoms with Crippen LogP contribution in [-0.4, -0.2) is 19.7 Å². The van der Waals surface area contributed by atoms with Gasteiger partial charge in [-0.05, 0) is 57.6 Å². The van der Waals surface area contributed by atoms with Gasteiger partial charge < -0.3 is 10.1 Å². The second-order valence-corrected chi connectivity index (χ2v) is 5.75. The first-order valence-electron chi connectivity index (χ1n) is 8.25. The number of nitrogens with two attached hydrogens (primary N) is 1. The van der Waals surface area contributed by atoms with Gasteiger partial charge in [0, 0.05) is 0 Å². The Kier molecular flexibility index (Phi) is 9.14. The Bertz CT molecular complexity index is 362. The molecule has 1 aromatic carbocycles. The topological polar surface area (TPSA) is 25.8 Å². The fourth-order valence-corrected chi connectivity index (χ4v) is 2.38. The Morgan fingerprint density at radius 2 is 1.70 bits per heavy atom. The Morgan fingerprint density at radius 1 is 0.950 bits per heavy atom. The third kappa shape index (κ3) is 7.54. The Morgan fingerprint density at radius 3 is 2.45 bits per heavy atom. The van der Waals surface area contributed by atoms with E-state index < -0.39 is 0 Å². The summed E-state index contributed by atoms with van der Waals surface area (Å²) < 4.78 is 5.84. The normalized spacial score (nSPS) is 10.8. The molecule has 0 saturated carbocycles. The Labute approximate surface area is 124 Å². The first-order chi connectivity index (χ1) is 9.74. The number of hydrogen-bond acceptors (Lipinski definition) is 1. The van der Waals surface area contributed by atoms with Crippen LogP contribution in [0.4, 0.5) is 0 Å². The van der Waals surface area contributed by atoms with Crippen LogP contribution in [0.5, 0.6) is 5.75 Å². The molecule has 0 unspecified atom stereocenters. The van der Waals surface area contributed by atoms with Gasteiger partial charge in [0.05, 0.1) is 19.7 Å². The van der Waals surface area contributed by atoms with E-state index in [1.807, 2.05) is 0 Å². The molecule has 0 bridgehead atoms. The van der Waals surface area contributed by atoms with Crippen LogP contribution in [0.15, 0.2) is 18.2 Å². The van der Waals surface area contributed by atoms with Crippen molar-refractivity contribution in [2.75, 3.05) is 19.7 Å². The van der Waals surface area contributed by atoms with Crippen LogP contribution in [0.1, 0.15) is 56.6 Å². The lowest BCUT2D eigenvalue weighted by molar-refractivity contribution is -0.655. The zero-order valence-electron chi connectivity index (χ0n) is 13.6. The van der Waals surface area contributed by atoms with Crippen LogP contribution in [0, 0.1) is 13.8 Å². The third-order valence-corrected chi connectivity index (χ3v) is 3.65. The molecule has 2 heteroatoms. The fraction of sp³-hybridized carbons (Fsp3) is 0.667. The van der Waals surface area contributed by atoms with Crippen LogP contribution in [0.3, 0.4) is 0 Å². The average molecular weight is 278 g/mol. The lowest BCUT2D eigenvalue weighted by Crippen LogP contribution is -2.84. The first-order valence-corrected chi connectivity index (χ1v) is 8.25. The van der Waals surface area contributed by atoms with Gasteiger partial charge in [0.1, 0.15) is 5.75 Å². The molecule has 2 N–H and O–H groups in total. The van der Waals surface area contributed by atoms with E-state index in [0.29, 0.717) is 0 Å². The largest absolute Gasteiger partial charge is 0.493 e. The van der Waals surface area contributed by atoms with Gasteiger partial charge in [-0.1, -0.05) is 31.0 Å². The minimum Gasteiger partial charge on any atom is -0.493 e. The smallest absolute Gasteiger partial charge is 0.122 e. The number of aryl methyl sites for hydroxylation is 2. The highest BCUT2D eigenvalue weighted by Crippen LogP contribution is 2.19. The second kappa shape index (κ2) is 10.7. The maximum atomic E-state index is 5.84. The summed E-state index contributed by atoms with van der Waals surface area (Å²) >= 11 is 0. The molecule has 1 rings (SSSR count).